The van der Waals surface area contributed by atoms with Crippen LogP contribution in [-0.2, 0) is 43.5 Å². The zero-order valence-electron chi connectivity index (χ0n) is 50.6. The van der Waals surface area contributed by atoms with E-state index >= 15 is 0 Å². The fraction of sp³-hybridized carbons (Fsp3) is 0.239. The van der Waals surface area contributed by atoms with E-state index in [1.54, 1.807) is 61.2 Å². The molecule has 1 saturated heterocycles. The van der Waals surface area contributed by atoms with Gasteiger partial charge in [0, 0.05) is 91.3 Å². The first-order chi connectivity index (χ1) is 43.5. The van der Waals surface area contributed by atoms with E-state index < -0.39 is 9.84 Å². The standard InChI is InChI=1S/C21H24ClN3O3.C19H20O3S.C18H17NO2.C13H10N2O2S/c1-2-21(27)25-12-10-24(11-13-25)19-9-8-16(14-18(19)22)23-20(26)15-28-17-6-4-3-5-7-17;20-19(17-8-9-17)14-16-6-10-18(11-7-16)23(21,22)13-12-15-4-2-1-3-5-15;1-13-11-15-5-3-4-10-19(15)18(13)17(20)12-14-6-8-16(21-2)9-7-14;1-8-9-4-2-3-5-10(9)17-11(8)12(16)15-13-14-6-7-18-13/h3-9,14H,2,10-13,15H2,1H3,(H,23,26);1-7,10-11,17H,8-9,12-14H2;3-11H,12H2,1-2H3;2-7H,1H3,(H,14,15,16). The van der Waals surface area contributed by atoms with Gasteiger partial charge < -0.3 is 33.4 Å². The number of aryl methyl sites for hydroxylation is 3. The zero-order valence-corrected chi connectivity index (χ0v) is 53.0. The van der Waals surface area contributed by atoms with Crippen LogP contribution < -0.4 is 25.0 Å². The Morgan fingerprint density at radius 2 is 1.39 bits per heavy atom. The van der Waals surface area contributed by atoms with Crippen molar-refractivity contribution in [2.75, 3.05) is 61.2 Å². The van der Waals surface area contributed by atoms with Gasteiger partial charge in [-0.25, -0.2) is 13.4 Å². The number of anilines is 3. The summed E-state index contributed by atoms with van der Waals surface area (Å²) in [7, 11) is -1.66. The number of amides is 3. The van der Waals surface area contributed by atoms with E-state index in [0.29, 0.717) is 71.0 Å². The highest BCUT2D eigenvalue weighted by Gasteiger charge is 2.29. The molecule has 2 aliphatic rings. The molecule has 0 radical (unpaired) electrons. The van der Waals surface area contributed by atoms with Crippen molar-refractivity contribution in [2.24, 2.45) is 5.92 Å². The van der Waals surface area contributed by atoms with E-state index in [0.717, 1.165) is 87.4 Å². The number of hydrogen-bond donors (Lipinski definition) is 2. The number of nitrogens with zero attached hydrogens (tertiary/aromatic N) is 4. The molecule has 464 valence electrons. The van der Waals surface area contributed by atoms with E-state index in [1.165, 1.54) is 11.3 Å². The van der Waals surface area contributed by atoms with Crippen LogP contribution in [0.5, 0.6) is 11.5 Å². The predicted molar refractivity (Wildman–Crippen MR) is 355 cm³/mol. The first-order valence-electron chi connectivity index (χ1n) is 29.7. The van der Waals surface area contributed by atoms with Gasteiger partial charge in [0.15, 0.2) is 33.1 Å². The van der Waals surface area contributed by atoms with Crippen molar-refractivity contribution >= 4 is 95.1 Å². The van der Waals surface area contributed by atoms with Crippen LogP contribution in [0.4, 0.5) is 16.5 Å². The highest BCUT2D eigenvalue weighted by Crippen LogP contribution is 2.32. The second-order valence-corrected chi connectivity index (χ2v) is 25.0. The number of methoxy groups -OCH3 is 1. The van der Waals surface area contributed by atoms with Gasteiger partial charge in [-0.2, -0.15) is 0 Å². The summed E-state index contributed by atoms with van der Waals surface area (Å²) in [5.74, 6) is 2.18. The number of aromatic nitrogens is 2. The monoisotopic (exact) mass is 1270 g/mol. The summed E-state index contributed by atoms with van der Waals surface area (Å²) in [4.78, 5) is 68.7. The third kappa shape index (κ3) is 17.9. The molecular weight excluding hydrogens is 1200 g/mol. The van der Waals surface area contributed by atoms with Gasteiger partial charge in [0.25, 0.3) is 11.8 Å². The molecule has 0 spiro atoms. The maximum absolute atomic E-state index is 12.6. The molecule has 6 aromatic carbocycles. The second kappa shape index (κ2) is 31.2. The quantitative estimate of drug-likeness (QED) is 0.0727. The number of thiazole rings is 1. The van der Waals surface area contributed by atoms with Crippen LogP contribution in [0.2, 0.25) is 5.02 Å². The number of hydrogen-bond acceptors (Lipinski definition) is 13. The van der Waals surface area contributed by atoms with Crippen molar-refractivity contribution in [3.63, 3.8) is 0 Å². The summed E-state index contributed by atoms with van der Waals surface area (Å²) in [6.45, 7) is 8.53. The molecule has 16 nitrogen and oxygen atoms in total. The van der Waals surface area contributed by atoms with Crippen LogP contribution in [0.15, 0.2) is 203 Å². The molecule has 4 aromatic heterocycles. The fourth-order valence-electron chi connectivity index (χ4n) is 10.2. The topological polar surface area (TPSA) is 199 Å². The van der Waals surface area contributed by atoms with Crippen molar-refractivity contribution in [1.82, 2.24) is 14.3 Å². The summed E-state index contributed by atoms with van der Waals surface area (Å²) in [6.07, 6.45) is 7.43. The van der Waals surface area contributed by atoms with Crippen LogP contribution >= 0.6 is 22.9 Å². The number of Topliss-reactive ketones (excluding diaryl/α,β-unsaturated/α-hetero) is 2. The van der Waals surface area contributed by atoms with Gasteiger partial charge in [0.05, 0.1) is 34.2 Å². The first kappa shape index (κ1) is 65.1. The number of ether oxygens (including phenoxy) is 2. The molecule has 12 rings (SSSR count). The molecule has 19 heteroatoms. The maximum Gasteiger partial charge on any atom is 0.293 e. The Hall–Kier alpha value is -9.36. The van der Waals surface area contributed by atoms with Crippen LogP contribution in [0, 0.1) is 19.8 Å². The number of furan rings is 1. The number of carbonyl (C=O) groups excluding carboxylic acids is 5. The molecule has 2 fully saturated rings. The Morgan fingerprint density at radius 1 is 0.722 bits per heavy atom. The molecule has 90 heavy (non-hydrogen) atoms. The Labute approximate surface area is 533 Å². The first-order valence-corrected chi connectivity index (χ1v) is 32.6. The van der Waals surface area contributed by atoms with Gasteiger partial charge in [0.2, 0.25) is 5.91 Å². The lowest BCUT2D eigenvalue weighted by atomic mass is 10.1. The van der Waals surface area contributed by atoms with Crippen LogP contribution in [-0.4, -0.2) is 97.6 Å². The fourth-order valence-corrected chi connectivity index (χ4v) is 12.3. The van der Waals surface area contributed by atoms with Gasteiger partial charge in [-0.05, 0) is 134 Å². The number of nitrogens with one attached hydrogen (secondary N) is 2. The minimum absolute atomic E-state index is 0.0726. The summed E-state index contributed by atoms with van der Waals surface area (Å²) < 4.78 is 42.9. The summed E-state index contributed by atoms with van der Waals surface area (Å²) in [5, 5.41) is 9.41. The molecule has 10 aromatic rings. The number of sulfone groups is 1. The average Bonchev–Trinajstić information content (AvgIpc) is 1.86. The Balaban J connectivity index is 0.000000144. The van der Waals surface area contributed by atoms with E-state index in [-0.39, 0.29) is 47.6 Å². The third-order valence-corrected chi connectivity index (χ3v) is 17.9. The second-order valence-electron chi connectivity index (χ2n) is 21.6. The lowest BCUT2D eigenvalue weighted by Gasteiger charge is -2.36. The SMILES string of the molecule is CCC(=O)N1CCN(c2ccc(NC(=O)COc3ccccc3)cc2Cl)CC1.COc1ccc(CC(=O)c2c(C)cc3ccccn23)cc1.Cc1c(C(=O)Nc2nccs2)oc2ccccc12.O=C(Cc1ccc(S(=O)(=O)CCc2ccccc2)cc1)C1CC1. The molecule has 1 aliphatic heterocycles. The van der Waals surface area contributed by atoms with Gasteiger partial charge in [-0.15, -0.1) is 11.3 Å². The molecule has 3 amide bonds. The van der Waals surface area contributed by atoms with E-state index in [9.17, 15) is 32.4 Å². The van der Waals surface area contributed by atoms with Gasteiger partial charge in [0.1, 0.15) is 22.9 Å². The van der Waals surface area contributed by atoms with Crippen LogP contribution in [0.3, 0.4) is 0 Å². The number of fused-ring (bicyclic) bond motifs is 2. The third-order valence-electron chi connectivity index (χ3n) is 15.2. The molecule has 2 N–H and O–H groups in total. The van der Waals surface area contributed by atoms with E-state index in [2.05, 4.69) is 20.5 Å². The normalized spacial score (nSPS) is 12.7. The van der Waals surface area contributed by atoms with E-state index in [1.807, 2.05) is 170 Å². The van der Waals surface area contributed by atoms with Crippen molar-refractivity contribution in [1.29, 1.82) is 0 Å². The lowest BCUT2D eigenvalue weighted by Crippen LogP contribution is -2.48. The van der Waals surface area contributed by atoms with Crippen LogP contribution in [0.25, 0.3) is 16.5 Å². The highest BCUT2D eigenvalue weighted by molar-refractivity contribution is 7.91. The molecular formula is C71H71ClN6O10S2. The number of rotatable bonds is 19. The van der Waals surface area contributed by atoms with Crippen molar-refractivity contribution < 1.29 is 46.3 Å². The lowest BCUT2D eigenvalue weighted by molar-refractivity contribution is -0.131. The molecule has 1 saturated carbocycles. The summed E-state index contributed by atoms with van der Waals surface area (Å²) in [5.41, 5.74) is 8.82. The van der Waals surface area contributed by atoms with Gasteiger partial charge in [-0.3, -0.25) is 29.3 Å². The smallest absolute Gasteiger partial charge is 0.293 e. The number of ketones is 2. The Bertz CT molecular complexity index is 4170. The van der Waals surface area contributed by atoms with Gasteiger partial charge in [-0.1, -0.05) is 116 Å². The number of para-hydroxylation sites is 2. The number of carbonyl (C=O) groups is 5. The molecule has 0 atom stereocenters. The molecule has 0 unspecified atom stereocenters. The van der Waals surface area contributed by atoms with E-state index in [4.69, 9.17) is 25.5 Å². The van der Waals surface area contributed by atoms with Crippen molar-refractivity contribution in [3.05, 3.63) is 238 Å². The molecule has 5 heterocycles. The Kier molecular flexibility index (Phi) is 22.6. The zero-order chi connectivity index (χ0) is 63.6. The minimum Gasteiger partial charge on any atom is -0.497 e. The predicted octanol–water partition coefficient (Wildman–Crippen LogP) is 13.8. The number of halogens is 1. The largest absolute Gasteiger partial charge is 0.497 e. The highest BCUT2D eigenvalue weighted by atomic mass is 35.5. The number of benzene rings is 6. The molecule has 0 bridgehead atoms. The Morgan fingerprint density at radius 3 is 2.04 bits per heavy atom. The number of piperazine rings is 1. The van der Waals surface area contributed by atoms with Gasteiger partial charge >= 0.3 is 0 Å². The van der Waals surface area contributed by atoms with Crippen LogP contribution in [0.1, 0.15) is 75.0 Å². The minimum atomic E-state index is -3.29. The number of pyridine rings is 1. The average molecular weight is 1270 g/mol. The van der Waals surface area contributed by atoms with Crippen molar-refractivity contribution in [2.45, 2.75) is 64.2 Å². The molecule has 1 aliphatic carbocycles. The summed E-state index contributed by atoms with van der Waals surface area (Å²) >= 11 is 7.81. The van der Waals surface area contributed by atoms with Crippen molar-refractivity contribution in [3.8, 4) is 11.5 Å². The summed E-state index contributed by atoms with van der Waals surface area (Å²) in [6, 6.07) is 54.2. The maximum atomic E-state index is 12.6.